The molecule has 6 nitrogen and oxygen atoms in total. The Labute approximate surface area is 150 Å². The Morgan fingerprint density at radius 2 is 2.08 bits per heavy atom. The van der Waals surface area contributed by atoms with Crippen molar-refractivity contribution in [2.24, 2.45) is 16.8 Å². The molecule has 1 fully saturated rings. The molecule has 1 aromatic rings. The van der Waals surface area contributed by atoms with Crippen LogP contribution in [0.2, 0.25) is 0 Å². The van der Waals surface area contributed by atoms with E-state index in [2.05, 4.69) is 17.1 Å². The number of aliphatic imine (C=N–C) groups is 1. The van der Waals surface area contributed by atoms with Crippen molar-refractivity contribution in [1.29, 1.82) is 0 Å². The molecule has 6 heteroatoms. The predicted molar refractivity (Wildman–Crippen MR) is 98.8 cm³/mol. The first-order valence-electron chi connectivity index (χ1n) is 8.88. The highest BCUT2D eigenvalue weighted by Crippen LogP contribution is 2.24. The molecule has 3 unspecified atom stereocenters. The lowest BCUT2D eigenvalue weighted by Crippen LogP contribution is -2.41. The smallest absolute Gasteiger partial charge is 0.310 e. The summed E-state index contributed by atoms with van der Waals surface area (Å²) in [7, 11) is 1.44. The summed E-state index contributed by atoms with van der Waals surface area (Å²) in [6.07, 6.45) is -0.0347. The average molecular weight is 347 g/mol. The third-order valence-corrected chi connectivity index (χ3v) is 4.33. The zero-order valence-corrected chi connectivity index (χ0v) is 15.6. The fraction of sp³-hybridized carbons (Fsp3) is 0.579. The molecule has 25 heavy (non-hydrogen) atoms. The number of hydrogen-bond donors (Lipinski definition) is 1. The molecule has 1 aromatic carbocycles. The molecule has 1 aliphatic rings. The zero-order chi connectivity index (χ0) is 18.2. The number of likely N-dealkylation sites (tertiary alicyclic amines) is 1. The van der Waals surface area contributed by atoms with Crippen LogP contribution in [0.4, 0.5) is 0 Å². The van der Waals surface area contributed by atoms with Gasteiger partial charge in [0, 0.05) is 19.6 Å². The van der Waals surface area contributed by atoms with Gasteiger partial charge in [-0.1, -0.05) is 25.1 Å². The molecule has 1 aliphatic heterocycles. The Morgan fingerprint density at radius 1 is 1.36 bits per heavy atom. The predicted octanol–water partition coefficient (Wildman–Crippen LogP) is 2.16. The monoisotopic (exact) mass is 347 g/mol. The van der Waals surface area contributed by atoms with E-state index in [0.29, 0.717) is 13.1 Å². The Balaban J connectivity index is 1.97. The highest BCUT2D eigenvalue weighted by atomic mass is 16.5. The van der Waals surface area contributed by atoms with E-state index < -0.39 is 0 Å². The van der Waals surface area contributed by atoms with E-state index in [1.54, 1.807) is 0 Å². The fourth-order valence-electron chi connectivity index (χ4n) is 3.01. The number of rotatable bonds is 6. The molecule has 138 valence electrons. The molecule has 1 heterocycles. The number of ether oxygens (including phenoxy) is 2. The van der Waals surface area contributed by atoms with Gasteiger partial charge in [0.15, 0.2) is 5.96 Å². The summed E-state index contributed by atoms with van der Waals surface area (Å²) < 4.78 is 10.8. The number of carbonyl (C=O) groups excluding carboxylic acids is 1. The molecule has 0 aliphatic carbocycles. The van der Waals surface area contributed by atoms with E-state index in [-0.39, 0.29) is 23.9 Å². The van der Waals surface area contributed by atoms with Gasteiger partial charge in [0.2, 0.25) is 0 Å². The minimum Gasteiger partial charge on any atom is -0.489 e. The van der Waals surface area contributed by atoms with Crippen LogP contribution in [0.5, 0.6) is 5.75 Å². The van der Waals surface area contributed by atoms with E-state index in [1.165, 1.54) is 7.11 Å². The van der Waals surface area contributed by atoms with Gasteiger partial charge in [-0.3, -0.25) is 4.79 Å². The summed E-state index contributed by atoms with van der Waals surface area (Å²) in [6.45, 7) is 8.87. The standard InChI is InChI=1S/C19H29N3O3/c1-5-20-19(22-12-14(2)17(13-22)18(23)24-4)21-11-15(3)25-16-9-7-6-8-10-16/h6-10,14-15,17H,5,11-13H2,1-4H3,(H,20,21). The van der Waals surface area contributed by atoms with Crippen molar-refractivity contribution in [3.8, 4) is 5.75 Å². The second-order valence-electron chi connectivity index (χ2n) is 6.45. The Bertz CT molecular complexity index is 577. The molecule has 3 atom stereocenters. The number of para-hydroxylation sites is 1. The molecule has 0 radical (unpaired) electrons. The summed E-state index contributed by atoms with van der Waals surface area (Å²) >= 11 is 0. The van der Waals surface area contributed by atoms with E-state index >= 15 is 0 Å². The molecule has 1 N–H and O–H groups in total. The van der Waals surface area contributed by atoms with Crippen molar-refractivity contribution in [1.82, 2.24) is 10.2 Å². The van der Waals surface area contributed by atoms with Gasteiger partial charge < -0.3 is 19.7 Å². The Kier molecular flexibility index (Phi) is 7.10. The molecule has 0 aromatic heterocycles. The van der Waals surface area contributed by atoms with Gasteiger partial charge in [-0.15, -0.1) is 0 Å². The van der Waals surface area contributed by atoms with Crippen molar-refractivity contribution in [2.45, 2.75) is 26.9 Å². The van der Waals surface area contributed by atoms with E-state index in [4.69, 9.17) is 14.5 Å². The van der Waals surface area contributed by atoms with Gasteiger partial charge in [0.1, 0.15) is 11.9 Å². The number of nitrogens with zero attached hydrogens (tertiary/aromatic N) is 2. The third-order valence-electron chi connectivity index (χ3n) is 4.33. The lowest BCUT2D eigenvalue weighted by Gasteiger charge is -2.22. The first-order chi connectivity index (χ1) is 12.0. The molecular weight excluding hydrogens is 318 g/mol. The molecule has 0 spiro atoms. The van der Waals surface area contributed by atoms with Gasteiger partial charge in [0.05, 0.1) is 19.6 Å². The number of benzene rings is 1. The largest absolute Gasteiger partial charge is 0.489 e. The van der Waals surface area contributed by atoms with E-state index in [0.717, 1.165) is 24.8 Å². The van der Waals surface area contributed by atoms with Crippen molar-refractivity contribution < 1.29 is 14.3 Å². The lowest BCUT2D eigenvalue weighted by atomic mass is 9.99. The van der Waals surface area contributed by atoms with Crippen LogP contribution in [0.25, 0.3) is 0 Å². The molecular formula is C19H29N3O3. The van der Waals surface area contributed by atoms with Crippen molar-refractivity contribution >= 4 is 11.9 Å². The summed E-state index contributed by atoms with van der Waals surface area (Å²) in [5.41, 5.74) is 0. The topological polar surface area (TPSA) is 63.2 Å². The molecule has 0 bridgehead atoms. The van der Waals surface area contributed by atoms with Crippen LogP contribution < -0.4 is 10.1 Å². The third kappa shape index (κ3) is 5.37. The summed E-state index contributed by atoms with van der Waals surface area (Å²) in [5, 5.41) is 3.31. The van der Waals surface area contributed by atoms with Crippen molar-refractivity contribution in [3.05, 3.63) is 30.3 Å². The van der Waals surface area contributed by atoms with Crippen LogP contribution in [0.1, 0.15) is 20.8 Å². The maximum absolute atomic E-state index is 11.9. The van der Waals surface area contributed by atoms with Gasteiger partial charge in [0.25, 0.3) is 0 Å². The zero-order valence-electron chi connectivity index (χ0n) is 15.6. The quantitative estimate of drug-likeness (QED) is 0.485. The maximum Gasteiger partial charge on any atom is 0.310 e. The van der Waals surface area contributed by atoms with Crippen LogP contribution in [-0.2, 0) is 9.53 Å². The van der Waals surface area contributed by atoms with Crippen molar-refractivity contribution in [3.63, 3.8) is 0 Å². The summed E-state index contributed by atoms with van der Waals surface area (Å²) in [6, 6.07) is 9.75. The van der Waals surface area contributed by atoms with Crippen LogP contribution in [0.15, 0.2) is 35.3 Å². The van der Waals surface area contributed by atoms with Gasteiger partial charge in [-0.05, 0) is 31.9 Å². The number of carbonyl (C=O) groups is 1. The first kappa shape index (κ1) is 19.1. The maximum atomic E-state index is 11.9. The van der Waals surface area contributed by atoms with Crippen LogP contribution in [0.3, 0.4) is 0 Å². The molecule has 1 saturated heterocycles. The van der Waals surface area contributed by atoms with Crippen molar-refractivity contribution in [2.75, 3.05) is 33.3 Å². The number of methoxy groups -OCH3 is 1. The lowest BCUT2D eigenvalue weighted by molar-refractivity contribution is -0.145. The molecule has 2 rings (SSSR count). The number of hydrogen-bond acceptors (Lipinski definition) is 4. The highest BCUT2D eigenvalue weighted by Gasteiger charge is 2.36. The molecule has 0 saturated carbocycles. The van der Waals surface area contributed by atoms with Crippen LogP contribution >= 0.6 is 0 Å². The second-order valence-corrected chi connectivity index (χ2v) is 6.45. The van der Waals surface area contributed by atoms with Gasteiger partial charge in [-0.25, -0.2) is 4.99 Å². The minimum absolute atomic E-state index is 0.0347. The minimum atomic E-state index is -0.147. The van der Waals surface area contributed by atoms with E-state index in [1.807, 2.05) is 44.2 Å². The Hall–Kier alpha value is -2.24. The Morgan fingerprint density at radius 3 is 2.72 bits per heavy atom. The number of esters is 1. The summed E-state index contributed by atoms with van der Waals surface area (Å²) in [5.74, 6) is 1.66. The van der Waals surface area contributed by atoms with Gasteiger partial charge >= 0.3 is 5.97 Å². The summed E-state index contributed by atoms with van der Waals surface area (Å²) in [4.78, 5) is 18.7. The number of nitrogens with one attached hydrogen (secondary N) is 1. The second kappa shape index (κ2) is 9.30. The molecule has 0 amide bonds. The van der Waals surface area contributed by atoms with Crippen LogP contribution in [-0.4, -0.2) is 56.2 Å². The fourth-order valence-corrected chi connectivity index (χ4v) is 3.01. The average Bonchev–Trinajstić information content (AvgIpc) is 3.00. The van der Waals surface area contributed by atoms with Crippen LogP contribution in [0, 0.1) is 11.8 Å². The SMILES string of the molecule is CCNC(=NCC(C)Oc1ccccc1)N1CC(C)C(C(=O)OC)C1. The first-order valence-corrected chi connectivity index (χ1v) is 8.88. The van der Waals surface area contributed by atoms with Gasteiger partial charge in [-0.2, -0.15) is 0 Å². The normalized spacial score (nSPS) is 21.8. The van der Waals surface area contributed by atoms with E-state index in [9.17, 15) is 4.79 Å². The number of guanidine groups is 1. The highest BCUT2D eigenvalue weighted by molar-refractivity contribution is 5.82.